The molecule has 130 valence electrons. The summed E-state index contributed by atoms with van der Waals surface area (Å²) >= 11 is 1.38. The normalized spacial score (nSPS) is 20.7. The zero-order chi connectivity index (χ0) is 18.2. The highest BCUT2D eigenvalue weighted by atomic mass is 32.2. The fourth-order valence-corrected chi connectivity index (χ4v) is 4.34. The first-order chi connectivity index (χ1) is 11.7. The third kappa shape index (κ3) is 3.37. The van der Waals surface area contributed by atoms with Gasteiger partial charge in [-0.1, -0.05) is 42.1 Å². The monoisotopic (exact) mass is 374 g/mol. The molecule has 1 aliphatic heterocycles. The summed E-state index contributed by atoms with van der Waals surface area (Å²) in [5.74, 6) is 0.458. The van der Waals surface area contributed by atoms with Crippen LogP contribution in [0.1, 0.15) is 19.4 Å². The minimum Gasteiger partial charge on any atom is -0.478 e. The highest BCUT2D eigenvalue weighted by Gasteiger charge is 2.46. The standard InChI is InChI=1S/C19H18O4S2/c1-13-17(24-15-7-5-4-6-8-15)18(20)19(2,23-13)14-9-11-16(12-10-14)25(3,21)22/h4-12H,1-3H3. The molecule has 0 spiro atoms. The van der Waals surface area contributed by atoms with E-state index < -0.39 is 15.4 Å². The molecule has 0 fully saturated rings. The molecule has 0 radical (unpaired) electrons. The van der Waals surface area contributed by atoms with Gasteiger partial charge in [-0.2, -0.15) is 0 Å². The highest BCUT2D eigenvalue weighted by Crippen LogP contribution is 2.44. The average Bonchev–Trinajstić information content (AvgIpc) is 2.79. The largest absolute Gasteiger partial charge is 0.478 e. The molecular weight excluding hydrogens is 356 g/mol. The van der Waals surface area contributed by atoms with E-state index in [2.05, 4.69) is 0 Å². The lowest BCUT2D eigenvalue weighted by Gasteiger charge is -2.24. The predicted molar refractivity (Wildman–Crippen MR) is 98.0 cm³/mol. The maximum absolute atomic E-state index is 13.0. The number of sulfone groups is 1. The molecule has 0 saturated heterocycles. The quantitative estimate of drug-likeness (QED) is 0.811. The third-order valence-electron chi connectivity index (χ3n) is 4.11. The van der Waals surface area contributed by atoms with Crippen LogP contribution in [0.15, 0.2) is 75.1 Å². The van der Waals surface area contributed by atoms with Crippen LogP contribution in [0.5, 0.6) is 0 Å². The number of thioether (sulfide) groups is 1. The Morgan fingerprint density at radius 2 is 1.60 bits per heavy atom. The second-order valence-electron chi connectivity index (χ2n) is 6.06. The molecule has 0 N–H and O–H groups in total. The maximum atomic E-state index is 13.0. The summed E-state index contributed by atoms with van der Waals surface area (Å²) in [5, 5.41) is 0. The Hall–Kier alpha value is -2.05. The van der Waals surface area contributed by atoms with Crippen LogP contribution < -0.4 is 0 Å². The summed E-state index contributed by atoms with van der Waals surface area (Å²) in [6.45, 7) is 3.49. The van der Waals surface area contributed by atoms with Crippen LogP contribution in [-0.2, 0) is 25.0 Å². The van der Waals surface area contributed by atoms with Gasteiger partial charge in [0.2, 0.25) is 5.78 Å². The van der Waals surface area contributed by atoms with Gasteiger partial charge in [-0.3, -0.25) is 4.79 Å². The van der Waals surface area contributed by atoms with Crippen LogP contribution in [0.25, 0.3) is 0 Å². The van der Waals surface area contributed by atoms with E-state index >= 15 is 0 Å². The van der Waals surface area contributed by atoms with Crippen LogP contribution in [0.3, 0.4) is 0 Å². The molecule has 2 aromatic rings. The van der Waals surface area contributed by atoms with Crippen molar-refractivity contribution in [3.63, 3.8) is 0 Å². The summed E-state index contributed by atoms with van der Waals surface area (Å²) in [5.41, 5.74) is -0.509. The van der Waals surface area contributed by atoms with Gasteiger partial charge in [0.05, 0.1) is 9.80 Å². The Kier molecular flexibility index (Phi) is 4.51. The predicted octanol–water partition coefficient (Wildman–Crippen LogP) is 3.93. The Labute approximate surface area is 151 Å². The first-order valence-corrected chi connectivity index (χ1v) is 10.4. The van der Waals surface area contributed by atoms with Crippen LogP contribution in [0, 0.1) is 0 Å². The molecule has 3 rings (SSSR count). The lowest BCUT2D eigenvalue weighted by Crippen LogP contribution is -2.30. The van der Waals surface area contributed by atoms with Crippen molar-refractivity contribution < 1.29 is 17.9 Å². The molecule has 6 heteroatoms. The molecule has 2 aromatic carbocycles. The number of ether oxygens (including phenoxy) is 1. The zero-order valence-corrected chi connectivity index (χ0v) is 15.8. The summed E-state index contributed by atoms with van der Waals surface area (Å²) in [7, 11) is -3.28. The Bertz CT molecular complexity index is 945. The Balaban J connectivity index is 1.90. The van der Waals surface area contributed by atoms with E-state index in [1.54, 1.807) is 26.0 Å². The topological polar surface area (TPSA) is 60.4 Å². The zero-order valence-electron chi connectivity index (χ0n) is 14.1. The van der Waals surface area contributed by atoms with Gasteiger partial charge >= 0.3 is 0 Å². The molecule has 0 aliphatic carbocycles. The number of Topliss-reactive ketones (excluding diaryl/α,β-unsaturated/α-hetero) is 1. The number of benzene rings is 2. The molecule has 0 saturated carbocycles. The second kappa shape index (κ2) is 6.35. The number of ketones is 1. The molecule has 0 amide bonds. The van der Waals surface area contributed by atoms with Crippen molar-refractivity contribution in [1.29, 1.82) is 0 Å². The van der Waals surface area contributed by atoms with Crippen LogP contribution in [0.4, 0.5) is 0 Å². The van der Waals surface area contributed by atoms with Gasteiger partial charge < -0.3 is 4.74 Å². The van der Waals surface area contributed by atoms with E-state index in [-0.39, 0.29) is 10.7 Å². The van der Waals surface area contributed by atoms with Crippen molar-refractivity contribution in [2.24, 2.45) is 0 Å². The van der Waals surface area contributed by atoms with Crippen LogP contribution in [-0.4, -0.2) is 20.5 Å². The van der Waals surface area contributed by atoms with E-state index in [9.17, 15) is 13.2 Å². The van der Waals surface area contributed by atoms with E-state index in [1.165, 1.54) is 23.9 Å². The number of allylic oxidation sites excluding steroid dienone is 1. The Morgan fingerprint density at radius 1 is 1.00 bits per heavy atom. The molecular formula is C19H18O4S2. The van der Waals surface area contributed by atoms with Gasteiger partial charge in [0.1, 0.15) is 5.76 Å². The van der Waals surface area contributed by atoms with E-state index in [4.69, 9.17) is 4.74 Å². The first-order valence-electron chi connectivity index (χ1n) is 7.70. The fraction of sp³-hybridized carbons (Fsp3) is 0.211. The molecule has 4 nitrogen and oxygen atoms in total. The average molecular weight is 374 g/mol. The summed E-state index contributed by atoms with van der Waals surface area (Å²) < 4.78 is 29.1. The lowest BCUT2D eigenvalue weighted by atomic mass is 9.92. The highest BCUT2D eigenvalue weighted by molar-refractivity contribution is 8.04. The van der Waals surface area contributed by atoms with Crippen LogP contribution in [0.2, 0.25) is 0 Å². The molecule has 0 aromatic heterocycles. The van der Waals surface area contributed by atoms with Crippen molar-refractivity contribution in [3.8, 4) is 0 Å². The van der Waals surface area contributed by atoms with Gasteiger partial charge in [0.25, 0.3) is 0 Å². The number of rotatable bonds is 4. The minimum atomic E-state index is -3.28. The lowest BCUT2D eigenvalue weighted by molar-refractivity contribution is -0.129. The van der Waals surface area contributed by atoms with Crippen molar-refractivity contribution in [2.75, 3.05) is 6.26 Å². The van der Waals surface area contributed by atoms with Gasteiger partial charge in [0, 0.05) is 16.7 Å². The van der Waals surface area contributed by atoms with Gasteiger partial charge in [-0.05, 0) is 38.1 Å². The number of carbonyl (C=O) groups is 1. The molecule has 1 unspecified atom stereocenters. The summed E-state index contributed by atoms with van der Waals surface area (Å²) in [6, 6.07) is 15.9. The SMILES string of the molecule is CC1=C(Sc2ccccc2)C(=O)C(C)(c2ccc(S(C)(=O)=O)cc2)O1. The van der Waals surface area contributed by atoms with Gasteiger partial charge in [-0.15, -0.1) is 0 Å². The van der Waals surface area contributed by atoms with Crippen molar-refractivity contribution in [3.05, 3.63) is 70.8 Å². The van der Waals surface area contributed by atoms with Crippen molar-refractivity contribution in [1.82, 2.24) is 0 Å². The molecule has 1 atom stereocenters. The van der Waals surface area contributed by atoms with Crippen molar-refractivity contribution in [2.45, 2.75) is 29.2 Å². The third-order valence-corrected chi connectivity index (χ3v) is 6.43. The molecule has 25 heavy (non-hydrogen) atoms. The molecule has 1 heterocycles. The molecule has 0 bridgehead atoms. The fourth-order valence-electron chi connectivity index (χ4n) is 2.71. The van der Waals surface area contributed by atoms with E-state index in [1.807, 2.05) is 30.3 Å². The van der Waals surface area contributed by atoms with Crippen LogP contribution >= 0.6 is 11.8 Å². The number of hydrogen-bond acceptors (Lipinski definition) is 5. The minimum absolute atomic E-state index is 0.119. The maximum Gasteiger partial charge on any atom is 0.220 e. The van der Waals surface area contributed by atoms with Gasteiger partial charge in [-0.25, -0.2) is 8.42 Å². The van der Waals surface area contributed by atoms with E-state index in [0.717, 1.165) is 11.2 Å². The summed E-state index contributed by atoms with van der Waals surface area (Å²) in [4.78, 5) is 14.8. The Morgan fingerprint density at radius 3 is 2.16 bits per heavy atom. The second-order valence-corrected chi connectivity index (χ2v) is 9.16. The number of carbonyl (C=O) groups excluding carboxylic acids is 1. The van der Waals surface area contributed by atoms with Crippen molar-refractivity contribution >= 4 is 27.4 Å². The number of hydrogen-bond donors (Lipinski definition) is 0. The smallest absolute Gasteiger partial charge is 0.220 e. The van der Waals surface area contributed by atoms with Gasteiger partial charge in [0.15, 0.2) is 15.4 Å². The molecule has 1 aliphatic rings. The first kappa shape index (κ1) is 17.8. The van der Waals surface area contributed by atoms with E-state index in [0.29, 0.717) is 16.2 Å². The summed E-state index contributed by atoms with van der Waals surface area (Å²) in [6.07, 6.45) is 1.15.